The van der Waals surface area contributed by atoms with Crippen molar-refractivity contribution in [3.8, 4) is 0 Å². The largest absolute Gasteiger partial charge is 0.335 e. The van der Waals surface area contributed by atoms with Gasteiger partial charge in [-0.25, -0.2) is 9.78 Å². The lowest BCUT2D eigenvalue weighted by Crippen LogP contribution is -2.49. The minimum absolute atomic E-state index is 0.171. The molecule has 0 spiro atoms. The van der Waals surface area contributed by atoms with E-state index >= 15 is 0 Å². The quantitative estimate of drug-likeness (QED) is 0.864. The molecule has 0 radical (unpaired) electrons. The molecule has 0 aromatic carbocycles. The number of hydrogen-bond donors (Lipinski definition) is 2. The van der Waals surface area contributed by atoms with Crippen molar-refractivity contribution in [2.75, 3.05) is 13.6 Å². The van der Waals surface area contributed by atoms with Gasteiger partial charge in [-0.15, -0.1) is 11.3 Å². The number of carbonyl (C=O) groups excluding carboxylic acids is 2. The van der Waals surface area contributed by atoms with E-state index in [1.165, 1.54) is 6.42 Å². The highest BCUT2D eigenvalue weighted by Crippen LogP contribution is 2.23. The van der Waals surface area contributed by atoms with Gasteiger partial charge in [0.1, 0.15) is 0 Å². The van der Waals surface area contributed by atoms with E-state index in [0.717, 1.165) is 30.0 Å². The van der Waals surface area contributed by atoms with E-state index in [4.69, 9.17) is 0 Å². The van der Waals surface area contributed by atoms with Crippen molar-refractivity contribution in [1.82, 2.24) is 20.5 Å². The Bertz CT molecular complexity index is 546. The van der Waals surface area contributed by atoms with E-state index in [0.29, 0.717) is 12.5 Å². The lowest BCUT2D eigenvalue weighted by molar-refractivity contribution is -0.121. The van der Waals surface area contributed by atoms with Gasteiger partial charge >= 0.3 is 6.03 Å². The van der Waals surface area contributed by atoms with Crippen molar-refractivity contribution in [3.63, 3.8) is 0 Å². The number of amides is 3. The van der Waals surface area contributed by atoms with Crippen LogP contribution in [0.1, 0.15) is 43.3 Å². The average Bonchev–Trinajstić information content (AvgIpc) is 2.86. The van der Waals surface area contributed by atoms with Crippen molar-refractivity contribution in [2.45, 2.75) is 52.1 Å². The first kappa shape index (κ1) is 17.9. The standard InChI is InChI=1S/C16H26N4O2S/c1-11-6-4-5-7-14(11)18-16(22)19-15(21)9-20(3)8-13-10-23-12(2)17-13/h10-11,14H,4-9H2,1-3H3,(H2,18,19,21,22). The van der Waals surface area contributed by atoms with E-state index in [9.17, 15) is 9.59 Å². The minimum Gasteiger partial charge on any atom is -0.335 e. The predicted molar refractivity (Wildman–Crippen MR) is 91.3 cm³/mol. The number of urea groups is 1. The number of likely N-dealkylation sites (N-methyl/N-ethyl adjacent to an activating group) is 1. The highest BCUT2D eigenvalue weighted by atomic mass is 32.1. The van der Waals surface area contributed by atoms with Crippen LogP contribution in [0.2, 0.25) is 0 Å². The normalized spacial score (nSPS) is 21.2. The number of hydrogen-bond acceptors (Lipinski definition) is 5. The molecule has 0 aliphatic heterocycles. The molecule has 6 nitrogen and oxygen atoms in total. The number of aromatic nitrogens is 1. The summed E-state index contributed by atoms with van der Waals surface area (Å²) in [5.41, 5.74) is 0.947. The summed E-state index contributed by atoms with van der Waals surface area (Å²) in [5, 5.41) is 8.35. The van der Waals surface area contributed by atoms with E-state index in [1.54, 1.807) is 11.3 Å². The summed E-state index contributed by atoms with van der Waals surface area (Å²) in [6, 6.07) is -0.209. The van der Waals surface area contributed by atoms with Crippen LogP contribution in [0.15, 0.2) is 5.38 Å². The fourth-order valence-corrected chi connectivity index (χ4v) is 3.56. The van der Waals surface area contributed by atoms with Crippen molar-refractivity contribution in [3.05, 3.63) is 16.1 Å². The Kier molecular flexibility index (Phi) is 6.53. The molecule has 7 heteroatoms. The van der Waals surface area contributed by atoms with Gasteiger partial charge in [0.2, 0.25) is 5.91 Å². The van der Waals surface area contributed by atoms with Gasteiger partial charge in [-0.1, -0.05) is 19.8 Å². The Morgan fingerprint density at radius 3 is 2.78 bits per heavy atom. The molecule has 23 heavy (non-hydrogen) atoms. The van der Waals surface area contributed by atoms with Crippen LogP contribution < -0.4 is 10.6 Å². The fraction of sp³-hybridized carbons (Fsp3) is 0.688. The Balaban J connectivity index is 1.71. The summed E-state index contributed by atoms with van der Waals surface area (Å²) in [5.74, 6) is 0.181. The van der Waals surface area contributed by atoms with E-state index in [2.05, 4.69) is 22.5 Å². The van der Waals surface area contributed by atoms with Gasteiger partial charge in [-0.05, 0) is 32.7 Å². The molecule has 128 valence electrons. The Hall–Kier alpha value is -1.47. The van der Waals surface area contributed by atoms with Gasteiger partial charge < -0.3 is 5.32 Å². The third-order valence-corrected chi connectivity index (χ3v) is 5.02. The molecule has 1 saturated carbocycles. The summed E-state index contributed by atoms with van der Waals surface area (Å²) < 4.78 is 0. The summed E-state index contributed by atoms with van der Waals surface area (Å²) >= 11 is 1.59. The number of aryl methyl sites for hydroxylation is 1. The number of carbonyl (C=O) groups is 2. The van der Waals surface area contributed by atoms with E-state index < -0.39 is 0 Å². The SMILES string of the molecule is Cc1nc(CN(C)CC(=O)NC(=O)NC2CCCCC2C)cs1. The maximum atomic E-state index is 12.0. The number of imide groups is 1. The van der Waals surface area contributed by atoms with Gasteiger partial charge in [-0.2, -0.15) is 0 Å². The molecule has 0 saturated heterocycles. The molecular weight excluding hydrogens is 312 g/mol. The van der Waals surface area contributed by atoms with Gasteiger partial charge in [0, 0.05) is 18.0 Å². The second kappa shape index (κ2) is 8.40. The van der Waals surface area contributed by atoms with Crippen LogP contribution in [-0.4, -0.2) is 41.5 Å². The van der Waals surface area contributed by atoms with E-state index in [-0.39, 0.29) is 24.5 Å². The van der Waals surface area contributed by atoms with Crippen LogP contribution in [0.5, 0.6) is 0 Å². The molecule has 2 unspecified atom stereocenters. The molecule has 1 aliphatic rings. The molecule has 1 aromatic rings. The van der Waals surface area contributed by atoms with Crippen LogP contribution in [0, 0.1) is 12.8 Å². The van der Waals surface area contributed by atoms with Crippen LogP contribution in [0.3, 0.4) is 0 Å². The third-order valence-electron chi connectivity index (χ3n) is 4.19. The highest BCUT2D eigenvalue weighted by molar-refractivity contribution is 7.09. The Morgan fingerprint density at radius 2 is 2.13 bits per heavy atom. The molecule has 0 bridgehead atoms. The second-order valence-electron chi connectivity index (χ2n) is 6.42. The number of nitrogens with zero attached hydrogens (tertiary/aromatic N) is 2. The monoisotopic (exact) mass is 338 g/mol. The number of nitrogens with one attached hydrogen (secondary N) is 2. The van der Waals surface area contributed by atoms with Crippen LogP contribution in [-0.2, 0) is 11.3 Å². The zero-order valence-corrected chi connectivity index (χ0v) is 14.9. The number of thiazole rings is 1. The van der Waals surface area contributed by atoms with Crippen LogP contribution in [0.25, 0.3) is 0 Å². The highest BCUT2D eigenvalue weighted by Gasteiger charge is 2.23. The maximum absolute atomic E-state index is 12.0. The summed E-state index contributed by atoms with van der Waals surface area (Å²) in [7, 11) is 1.84. The van der Waals surface area contributed by atoms with Crippen molar-refractivity contribution in [2.24, 2.45) is 5.92 Å². The fourth-order valence-electron chi connectivity index (χ4n) is 2.96. The Labute approximate surface area is 141 Å². The smallest absolute Gasteiger partial charge is 0.321 e. The second-order valence-corrected chi connectivity index (χ2v) is 7.48. The van der Waals surface area contributed by atoms with Crippen molar-refractivity contribution < 1.29 is 9.59 Å². The average molecular weight is 338 g/mol. The molecule has 1 fully saturated rings. The molecule has 3 amide bonds. The summed E-state index contributed by atoms with van der Waals surface area (Å²) in [4.78, 5) is 30.1. The minimum atomic E-state index is -0.383. The Morgan fingerprint density at radius 1 is 1.39 bits per heavy atom. The zero-order chi connectivity index (χ0) is 16.8. The van der Waals surface area contributed by atoms with Crippen molar-refractivity contribution >= 4 is 23.3 Å². The lowest BCUT2D eigenvalue weighted by atomic mass is 9.86. The molecule has 1 heterocycles. The molecule has 2 N–H and O–H groups in total. The zero-order valence-electron chi connectivity index (χ0n) is 14.1. The lowest BCUT2D eigenvalue weighted by Gasteiger charge is -2.29. The van der Waals surface area contributed by atoms with Crippen molar-refractivity contribution in [1.29, 1.82) is 0 Å². The maximum Gasteiger partial charge on any atom is 0.321 e. The molecule has 2 rings (SSSR count). The van der Waals surface area contributed by atoms with Gasteiger partial charge in [0.05, 0.1) is 17.2 Å². The molecular formula is C16H26N4O2S. The van der Waals surface area contributed by atoms with Crippen LogP contribution >= 0.6 is 11.3 Å². The first-order valence-electron chi connectivity index (χ1n) is 8.14. The van der Waals surface area contributed by atoms with Gasteiger partial charge in [-0.3, -0.25) is 15.0 Å². The first-order valence-corrected chi connectivity index (χ1v) is 9.02. The van der Waals surface area contributed by atoms with Gasteiger partial charge in [0.15, 0.2) is 0 Å². The first-order chi connectivity index (χ1) is 10.9. The summed E-state index contributed by atoms with van der Waals surface area (Å²) in [6.45, 7) is 4.87. The third kappa shape index (κ3) is 5.91. The molecule has 1 aliphatic carbocycles. The molecule has 1 aromatic heterocycles. The number of rotatable bonds is 5. The van der Waals surface area contributed by atoms with Gasteiger partial charge in [0.25, 0.3) is 0 Å². The predicted octanol–water partition coefficient (Wildman–Crippen LogP) is 2.29. The topological polar surface area (TPSA) is 74.3 Å². The molecule has 2 atom stereocenters. The van der Waals surface area contributed by atoms with Crippen LogP contribution in [0.4, 0.5) is 4.79 Å². The summed E-state index contributed by atoms with van der Waals surface area (Å²) in [6.07, 6.45) is 4.49. The van der Waals surface area contributed by atoms with E-state index in [1.807, 2.05) is 24.3 Å².